The van der Waals surface area contributed by atoms with Crippen molar-refractivity contribution in [1.29, 1.82) is 0 Å². The van der Waals surface area contributed by atoms with Crippen LogP contribution in [0.15, 0.2) is 24.4 Å². The highest BCUT2D eigenvalue weighted by atomic mass is 16.6. The summed E-state index contributed by atoms with van der Waals surface area (Å²) in [6, 6.07) is 4.63. The van der Waals surface area contributed by atoms with Gasteiger partial charge in [0.2, 0.25) is 12.5 Å². The number of esters is 2. The van der Waals surface area contributed by atoms with Gasteiger partial charge < -0.3 is 19.7 Å². The topological polar surface area (TPSA) is 109 Å². The quantitative estimate of drug-likeness (QED) is 0.600. The number of rotatable bonds is 5. The molecular weight excluding hydrogens is 328 g/mol. The number of nitrogens with zero attached hydrogens (tertiary/aromatic N) is 2. The van der Waals surface area contributed by atoms with E-state index in [0.29, 0.717) is 0 Å². The van der Waals surface area contributed by atoms with E-state index in [4.69, 9.17) is 9.47 Å². The lowest BCUT2D eigenvalue weighted by Gasteiger charge is -2.33. The second kappa shape index (κ2) is 7.79. The molecule has 0 radical (unpaired) electrons. The lowest BCUT2D eigenvalue weighted by Crippen LogP contribution is -2.54. The molecule has 2 atom stereocenters. The van der Waals surface area contributed by atoms with Crippen molar-refractivity contribution < 1.29 is 29.3 Å². The maximum atomic E-state index is 12.2. The predicted octanol–water partition coefficient (Wildman–Crippen LogP) is 1.21. The predicted molar refractivity (Wildman–Crippen MR) is 90.4 cm³/mol. The maximum absolute atomic E-state index is 12.2. The van der Waals surface area contributed by atoms with E-state index in [0.717, 1.165) is 4.90 Å². The molecule has 1 rings (SSSR count). The second-order valence-corrected chi connectivity index (χ2v) is 7.41. The van der Waals surface area contributed by atoms with Crippen molar-refractivity contribution in [3.8, 4) is 0 Å². The van der Waals surface area contributed by atoms with Gasteiger partial charge >= 0.3 is 11.9 Å². The van der Waals surface area contributed by atoms with Crippen LogP contribution in [-0.2, 0) is 19.1 Å². The highest BCUT2D eigenvalue weighted by Crippen LogP contribution is 2.20. The van der Waals surface area contributed by atoms with Crippen LogP contribution in [0.25, 0.3) is 0 Å². The van der Waals surface area contributed by atoms with Gasteiger partial charge in [-0.25, -0.2) is 14.6 Å². The number of aliphatic hydroxyl groups is 2. The molecule has 140 valence electrons. The minimum Gasteiger partial charge on any atom is -0.457 e. The van der Waals surface area contributed by atoms with Crippen molar-refractivity contribution in [3.05, 3.63) is 24.4 Å². The third-order valence-electron chi connectivity index (χ3n) is 2.68. The van der Waals surface area contributed by atoms with E-state index < -0.39 is 35.6 Å². The Balaban J connectivity index is 3.13. The zero-order chi connectivity index (χ0) is 19.4. The molecule has 2 N–H and O–H groups in total. The van der Waals surface area contributed by atoms with Gasteiger partial charge in [0.05, 0.1) is 0 Å². The van der Waals surface area contributed by atoms with Gasteiger partial charge in [0, 0.05) is 6.20 Å². The standard InChI is InChI=1S/C17H26N2O6/c1-16(2,3)24-14(22)12(20)19(11-9-7-8-10-18-11)13(21)15(23)25-17(4,5)6/h7-10,12-13,20-21H,1-6H3. The summed E-state index contributed by atoms with van der Waals surface area (Å²) >= 11 is 0. The normalized spacial score (nSPS) is 14.4. The smallest absolute Gasteiger partial charge is 0.357 e. The number of ether oxygens (including phenoxy) is 2. The van der Waals surface area contributed by atoms with Crippen molar-refractivity contribution in [2.24, 2.45) is 0 Å². The van der Waals surface area contributed by atoms with Crippen LogP contribution >= 0.6 is 0 Å². The molecule has 0 saturated heterocycles. The van der Waals surface area contributed by atoms with Gasteiger partial charge in [-0.1, -0.05) is 6.07 Å². The van der Waals surface area contributed by atoms with Crippen molar-refractivity contribution in [2.45, 2.75) is 65.2 Å². The third kappa shape index (κ3) is 6.67. The summed E-state index contributed by atoms with van der Waals surface area (Å²) in [5.41, 5.74) is -1.71. The van der Waals surface area contributed by atoms with Crippen LogP contribution < -0.4 is 4.90 Å². The van der Waals surface area contributed by atoms with Crippen LogP contribution in [0.3, 0.4) is 0 Å². The molecule has 0 saturated carbocycles. The number of aromatic nitrogens is 1. The van der Waals surface area contributed by atoms with E-state index in [2.05, 4.69) is 4.98 Å². The average molecular weight is 354 g/mol. The van der Waals surface area contributed by atoms with Crippen molar-refractivity contribution in [2.75, 3.05) is 4.90 Å². The molecular formula is C17H26N2O6. The first-order valence-corrected chi connectivity index (χ1v) is 7.83. The summed E-state index contributed by atoms with van der Waals surface area (Å²) < 4.78 is 10.2. The van der Waals surface area contributed by atoms with E-state index in [1.165, 1.54) is 12.3 Å². The first-order valence-electron chi connectivity index (χ1n) is 7.83. The second-order valence-electron chi connectivity index (χ2n) is 7.41. The number of hydrogen-bond donors (Lipinski definition) is 2. The van der Waals surface area contributed by atoms with E-state index >= 15 is 0 Å². The van der Waals surface area contributed by atoms with Gasteiger partial charge in [-0.2, -0.15) is 0 Å². The summed E-state index contributed by atoms with van der Waals surface area (Å²) in [5, 5.41) is 20.7. The van der Waals surface area contributed by atoms with Crippen LogP contribution in [0.5, 0.6) is 0 Å². The zero-order valence-corrected chi connectivity index (χ0v) is 15.4. The molecule has 0 aliphatic carbocycles. The fourth-order valence-corrected chi connectivity index (χ4v) is 1.83. The fraction of sp³-hybridized carbons (Fsp3) is 0.588. The van der Waals surface area contributed by atoms with E-state index in [1.54, 1.807) is 53.7 Å². The molecule has 0 aromatic carbocycles. The lowest BCUT2D eigenvalue weighted by molar-refractivity contribution is -0.172. The number of hydrogen-bond acceptors (Lipinski definition) is 8. The van der Waals surface area contributed by atoms with Crippen molar-refractivity contribution >= 4 is 17.8 Å². The van der Waals surface area contributed by atoms with Gasteiger partial charge in [-0.3, -0.25) is 4.90 Å². The molecule has 25 heavy (non-hydrogen) atoms. The van der Waals surface area contributed by atoms with Gasteiger partial charge in [-0.05, 0) is 53.7 Å². The molecule has 1 aromatic rings. The van der Waals surface area contributed by atoms with Crippen molar-refractivity contribution in [3.63, 3.8) is 0 Å². The first kappa shape index (κ1) is 20.9. The van der Waals surface area contributed by atoms with Crippen LogP contribution in [-0.4, -0.2) is 50.8 Å². The van der Waals surface area contributed by atoms with Gasteiger partial charge in [-0.15, -0.1) is 0 Å². The van der Waals surface area contributed by atoms with E-state index in [-0.39, 0.29) is 5.82 Å². The SMILES string of the molecule is CC(C)(C)OC(=O)C(O)N(c1ccccn1)C(O)C(=O)OC(C)(C)C. The van der Waals surface area contributed by atoms with Crippen LogP contribution in [0, 0.1) is 0 Å². The van der Waals surface area contributed by atoms with Crippen molar-refractivity contribution in [1.82, 2.24) is 4.98 Å². The Kier molecular flexibility index (Phi) is 6.50. The molecule has 8 nitrogen and oxygen atoms in total. The average Bonchev–Trinajstić information content (AvgIpc) is 2.44. The Bertz CT molecular complexity index is 557. The first-order chi connectivity index (χ1) is 11.3. The molecule has 0 spiro atoms. The van der Waals surface area contributed by atoms with Gasteiger partial charge in [0.25, 0.3) is 0 Å². The minimum absolute atomic E-state index is 0.0132. The molecule has 8 heteroatoms. The third-order valence-corrected chi connectivity index (χ3v) is 2.68. The number of anilines is 1. The largest absolute Gasteiger partial charge is 0.457 e. The van der Waals surface area contributed by atoms with Crippen LogP contribution in [0.1, 0.15) is 41.5 Å². The Morgan fingerprint density at radius 1 is 0.960 bits per heavy atom. The Labute approximate surface area is 147 Å². The summed E-state index contributed by atoms with van der Waals surface area (Å²) in [6.07, 6.45) is -2.50. The highest BCUT2D eigenvalue weighted by molar-refractivity contribution is 5.84. The number of aliphatic hydroxyl groups excluding tert-OH is 2. The maximum Gasteiger partial charge on any atom is 0.357 e. The molecule has 0 fully saturated rings. The Morgan fingerprint density at radius 3 is 1.72 bits per heavy atom. The number of carbonyl (C=O) groups excluding carboxylic acids is 2. The van der Waals surface area contributed by atoms with E-state index in [1.807, 2.05) is 0 Å². The summed E-state index contributed by atoms with van der Waals surface area (Å²) in [7, 11) is 0. The van der Waals surface area contributed by atoms with Gasteiger partial charge in [0.1, 0.15) is 17.0 Å². The summed E-state index contributed by atoms with van der Waals surface area (Å²) in [5.74, 6) is -2.04. The zero-order valence-electron chi connectivity index (χ0n) is 15.4. The molecule has 1 heterocycles. The monoisotopic (exact) mass is 354 g/mol. The van der Waals surface area contributed by atoms with Crippen LogP contribution in [0.2, 0.25) is 0 Å². The summed E-state index contributed by atoms with van der Waals surface area (Å²) in [6.45, 7) is 9.79. The lowest BCUT2D eigenvalue weighted by atomic mass is 10.2. The summed E-state index contributed by atoms with van der Waals surface area (Å²) in [4.78, 5) is 29.1. The van der Waals surface area contributed by atoms with E-state index in [9.17, 15) is 19.8 Å². The molecule has 0 bridgehead atoms. The highest BCUT2D eigenvalue weighted by Gasteiger charge is 2.38. The number of carbonyl (C=O) groups is 2. The molecule has 0 amide bonds. The minimum atomic E-state index is -1.95. The molecule has 2 unspecified atom stereocenters. The van der Waals surface area contributed by atoms with Gasteiger partial charge in [0.15, 0.2) is 0 Å². The Morgan fingerprint density at radius 2 is 1.40 bits per heavy atom. The molecule has 0 aliphatic rings. The molecule has 1 aromatic heterocycles. The molecule has 0 aliphatic heterocycles. The van der Waals surface area contributed by atoms with Crippen LogP contribution in [0.4, 0.5) is 5.82 Å². The Hall–Kier alpha value is -2.19. The number of pyridine rings is 1. The fourth-order valence-electron chi connectivity index (χ4n) is 1.83.